The number of carboxylic acids is 1. The van der Waals surface area contributed by atoms with Gasteiger partial charge in [-0.3, -0.25) is 59.6 Å². The Bertz CT molecular complexity index is 4230. The van der Waals surface area contributed by atoms with Crippen molar-refractivity contribution < 1.29 is 154 Å². The Balaban J connectivity index is -0.000000151. The van der Waals surface area contributed by atoms with Crippen LogP contribution in [0, 0.1) is 30.3 Å². The smallest absolute Gasteiger partial charge is 0.476 e. The van der Waals surface area contributed by atoms with Crippen LogP contribution < -0.4 is 49.1 Å². The zero-order valence-corrected chi connectivity index (χ0v) is 78.6. The van der Waals surface area contributed by atoms with Gasteiger partial charge in [0.1, 0.15) is 49.7 Å². The van der Waals surface area contributed by atoms with Crippen LogP contribution in [0.4, 0.5) is 28.8 Å². The lowest BCUT2D eigenvalue weighted by Crippen LogP contribution is -2.62. The number of ether oxygens (including phenoxy) is 12. The third kappa shape index (κ3) is 70.5. The molecular formula is C92H158N12O35. The van der Waals surface area contributed by atoms with E-state index in [0.29, 0.717) is 12.8 Å². The van der Waals surface area contributed by atoms with Gasteiger partial charge in [0.15, 0.2) is 18.1 Å². The standard InChI is InChI=1S/C19H28N2O6.C14H18N2O6.C14H20N2O4.C11H22N2O4.C8H8O3.C6H12N2O4.C4H5NO2.C4H8O.C3H7NO2.C2H2O3.7CH4/c1-18(2,3)27-17(24)21-19(4,5)14(15(22)25-6)20-16(23)26-12-13-10-8-7-9-11-13;1-14(2,16(19)20)11(12(17)21-3)15-13(18)22-9-10-7-5-4-6-8-10;1-14(2,15)11(12(17)19-3)16-13(18)20-9-10-7-5-4-6-8-10;1-10(2,3)17-9(15)13-11(4,5)7(12)8(14)16-6;9-8(10)11-6-7-4-2-1-3-5-7;1-6(2,8(10)11)4(7)5(9)12-3;6-3-1-2-4(7)5-3;1-2-4-5-3-1;1-3(2)4(5)6;3-1-2(4)5;;;;;;;/h7-11,14H,12H2,1-6H3,(H,20,23)(H,21,24);4-8,11H,9H2,1-3H3,(H,15,18);4-8,11H,9,15H2,1-3H3,(H,16,18);7H,12H2,1-6H3,(H,13,15);1-5H,6H2,(H,9,10);4H,7H2,1-3H3;1-2H2,(H,5,6,7);1-4H2;3H,1-2H3;1H,(H,4,5);7*1H4. The highest BCUT2D eigenvalue weighted by Gasteiger charge is 2.48. The molecule has 2 aliphatic heterocycles. The summed E-state index contributed by atoms with van der Waals surface area (Å²) >= 11 is 0. The summed E-state index contributed by atoms with van der Waals surface area (Å²) in [6, 6.07) is 30.1. The van der Waals surface area contributed by atoms with E-state index in [4.69, 9.17) is 70.2 Å². The number of alkyl carbamates (subject to hydrolysis) is 5. The maximum atomic E-state index is 12.2. The lowest BCUT2D eigenvalue weighted by Gasteiger charge is -2.34. The Morgan fingerprint density at radius 3 is 0.914 bits per heavy atom. The molecule has 5 unspecified atom stereocenters. The van der Waals surface area contributed by atoms with Crippen LogP contribution in [0.5, 0.6) is 0 Å². The summed E-state index contributed by atoms with van der Waals surface area (Å²) in [6.07, 6.45) is -1.92. The van der Waals surface area contributed by atoms with E-state index in [9.17, 15) is 92.7 Å². The van der Waals surface area contributed by atoms with Crippen molar-refractivity contribution in [3.63, 3.8) is 0 Å². The lowest BCUT2D eigenvalue weighted by atomic mass is 9.94. The highest BCUT2D eigenvalue weighted by molar-refractivity contribution is 6.19. The minimum Gasteiger partial charge on any atom is -0.476 e. The molecule has 7 amide bonds. The number of methoxy groups -OCH3 is 5. The van der Waals surface area contributed by atoms with Crippen molar-refractivity contribution in [2.45, 2.75) is 304 Å². The predicted octanol–water partition coefficient (Wildman–Crippen LogP) is 12.3. The van der Waals surface area contributed by atoms with Gasteiger partial charge in [0.2, 0.25) is 35.2 Å². The number of aldehydes is 1. The molecule has 47 nitrogen and oxygen atoms in total. The molecule has 0 bridgehead atoms. The van der Waals surface area contributed by atoms with Crippen LogP contribution in [-0.4, -0.2) is 239 Å². The first-order valence-electron chi connectivity index (χ1n) is 39.9. The average Bonchev–Trinajstić information content (AvgIpc) is 1.14. The highest BCUT2D eigenvalue weighted by Crippen LogP contribution is 2.20. The van der Waals surface area contributed by atoms with E-state index in [0.717, 1.165) is 49.7 Å². The zero-order chi connectivity index (χ0) is 103. The van der Waals surface area contributed by atoms with E-state index in [1.165, 1.54) is 61.9 Å². The van der Waals surface area contributed by atoms with Crippen LogP contribution in [0.25, 0.3) is 0 Å². The second kappa shape index (κ2) is 75.3. The number of carbonyl (C=O) groups is 15. The molecular weight excluding hydrogens is 1830 g/mol. The second-order valence-corrected chi connectivity index (χ2v) is 32.5. The van der Waals surface area contributed by atoms with Gasteiger partial charge in [-0.25, -0.2) is 47.9 Å². The van der Waals surface area contributed by atoms with Crippen molar-refractivity contribution in [3.05, 3.63) is 174 Å². The normalized spacial score (nSPS) is 12.2. The molecule has 4 aromatic carbocycles. The van der Waals surface area contributed by atoms with Gasteiger partial charge in [0.25, 0.3) is 0 Å². The van der Waals surface area contributed by atoms with Gasteiger partial charge in [-0.2, -0.15) is 0 Å². The number of rotatable bonds is 27. The van der Waals surface area contributed by atoms with Crippen LogP contribution in [0.15, 0.2) is 121 Å². The zero-order valence-electron chi connectivity index (χ0n) is 78.6. The van der Waals surface area contributed by atoms with Crippen LogP contribution in [0.2, 0.25) is 0 Å². The molecule has 14 N–H and O–H groups in total. The summed E-state index contributed by atoms with van der Waals surface area (Å²) in [6.45, 7) is 30.3. The number of carboxylic acid groups (broad SMARTS) is 2. The number of benzene rings is 4. The molecule has 2 saturated heterocycles. The molecule has 6 rings (SSSR count). The number of nitrogens with two attached hydrogens (primary N) is 3. The number of imide groups is 1. The number of nitrogens with zero attached hydrogens (tertiary/aromatic N) is 3. The predicted molar refractivity (Wildman–Crippen MR) is 519 cm³/mol. The number of nitrogens with one attached hydrogen (secondary N) is 6. The van der Waals surface area contributed by atoms with Crippen molar-refractivity contribution in [2.24, 2.45) is 17.2 Å². The topological polar surface area (TPSA) is 687 Å². The monoisotopic (exact) mass is 1990 g/mol. The number of aliphatic carboxylic acids is 1. The van der Waals surface area contributed by atoms with Gasteiger partial charge in [0.05, 0.1) is 46.6 Å². The minimum atomic E-state index is -1.74. The number of amides is 7. The number of hydrogen-bond acceptors (Lipinski definition) is 36. The fraction of sp³-hybridized carbons (Fsp3) is 0.576. The summed E-state index contributed by atoms with van der Waals surface area (Å²) in [5, 5.41) is 60.8. The van der Waals surface area contributed by atoms with Crippen LogP contribution in [0.1, 0.15) is 225 Å². The molecule has 0 aromatic heterocycles. The van der Waals surface area contributed by atoms with E-state index in [1.807, 2.05) is 84.9 Å². The second-order valence-electron chi connectivity index (χ2n) is 32.5. The van der Waals surface area contributed by atoms with Gasteiger partial charge in [-0.1, -0.05) is 173 Å². The molecule has 47 heteroatoms. The molecule has 5 atom stereocenters. The molecule has 0 spiro atoms. The first kappa shape index (κ1) is 148. The highest BCUT2D eigenvalue weighted by atomic mass is 16.7. The van der Waals surface area contributed by atoms with Crippen LogP contribution >= 0.6 is 0 Å². The lowest BCUT2D eigenvalue weighted by molar-refractivity contribution is -0.562. The Hall–Kier alpha value is -13.8. The Morgan fingerprint density at radius 1 is 0.424 bits per heavy atom. The van der Waals surface area contributed by atoms with Crippen molar-refractivity contribution in [1.82, 2.24) is 31.9 Å². The fourth-order valence-corrected chi connectivity index (χ4v) is 8.68. The van der Waals surface area contributed by atoms with Crippen molar-refractivity contribution in [2.75, 3.05) is 48.8 Å². The van der Waals surface area contributed by atoms with Gasteiger partial charge in [-0.05, 0) is 118 Å². The van der Waals surface area contributed by atoms with Crippen LogP contribution in [-0.2, 0) is 126 Å². The molecule has 0 aliphatic carbocycles. The first-order chi connectivity index (χ1) is 60.9. The quantitative estimate of drug-likeness (QED) is 0.00502. The maximum Gasteiger partial charge on any atom is 0.506 e. The summed E-state index contributed by atoms with van der Waals surface area (Å²) < 4.78 is 57.3. The number of hydrogen-bond donors (Lipinski definition) is 11. The summed E-state index contributed by atoms with van der Waals surface area (Å²) in [7, 11) is 5.89. The van der Waals surface area contributed by atoms with Crippen LogP contribution in [0.3, 0.4) is 0 Å². The SMILES string of the molecule is C.C.C.C.C.C.C.C1CCOC1.CC(C)[N+](=O)[O-].COC(=O)C(N)C(C)(C)NC(=O)OC(C)(C)C.COC(=O)C(N)C(C)(C)[N+](=O)[O-].COC(=O)C(NC(=O)OCc1ccccc1)C(C)(C)N.COC(=O)C(NC(=O)OCc1ccccc1)C(C)(C)NC(=O)OC(C)(C)C.COC(=O)C(NC(=O)OCc1ccccc1)C(C)(C)[N+](=O)[O-].O=C(O)OCc1ccccc1.O=C1CCC(=O)N1.O=CC(=O)O. The molecule has 796 valence electrons. The summed E-state index contributed by atoms with van der Waals surface area (Å²) in [5.74, 6) is -5.36. The van der Waals surface area contributed by atoms with Gasteiger partial charge in [-0.15, -0.1) is 0 Å². The summed E-state index contributed by atoms with van der Waals surface area (Å²) in [4.78, 5) is 194. The Labute approximate surface area is 816 Å². The molecule has 0 radical (unpaired) electrons. The van der Waals surface area contributed by atoms with Gasteiger partial charge in [0, 0.05) is 87.9 Å². The van der Waals surface area contributed by atoms with E-state index < -0.39 is 157 Å². The van der Waals surface area contributed by atoms with Crippen molar-refractivity contribution in [1.29, 1.82) is 0 Å². The largest absolute Gasteiger partial charge is 0.506 e. The number of esters is 5. The van der Waals surface area contributed by atoms with Crippen molar-refractivity contribution in [3.8, 4) is 0 Å². The average molecular weight is 1990 g/mol. The molecule has 2 fully saturated rings. The van der Waals surface area contributed by atoms with Gasteiger partial charge < -0.3 is 111 Å². The van der Waals surface area contributed by atoms with Crippen molar-refractivity contribution >= 4 is 90.5 Å². The van der Waals surface area contributed by atoms with E-state index >= 15 is 0 Å². The van der Waals surface area contributed by atoms with E-state index in [2.05, 4.69) is 55.6 Å². The third-order valence-corrected chi connectivity index (χ3v) is 16.4. The molecule has 139 heavy (non-hydrogen) atoms. The third-order valence-electron chi connectivity index (χ3n) is 16.4. The maximum absolute atomic E-state index is 12.2. The Kier molecular flexibility index (Phi) is 80.2. The molecule has 4 aromatic rings. The molecule has 2 heterocycles. The summed E-state index contributed by atoms with van der Waals surface area (Å²) in [5.41, 5.74) is 12.4. The van der Waals surface area contributed by atoms with Gasteiger partial charge >= 0.3 is 72.4 Å². The minimum absolute atomic E-state index is 0. The molecule has 2 aliphatic rings. The fourth-order valence-electron chi connectivity index (χ4n) is 8.68. The molecule has 0 saturated carbocycles. The first-order valence-corrected chi connectivity index (χ1v) is 39.9. The van der Waals surface area contributed by atoms with E-state index in [-0.39, 0.29) is 101 Å². The number of carbonyl (C=O) groups excluding carboxylic acids is 13. The number of nitro groups is 3. The Morgan fingerprint density at radius 2 is 0.683 bits per heavy atom. The van der Waals surface area contributed by atoms with E-state index in [1.54, 1.807) is 133 Å².